The Labute approximate surface area is 105 Å². The van der Waals surface area contributed by atoms with Crippen LogP contribution in [0.4, 0.5) is 0 Å². The first-order chi connectivity index (χ1) is 8.83. The third kappa shape index (κ3) is 2.56. The zero-order valence-electron chi connectivity index (χ0n) is 10.1. The zero-order valence-corrected chi connectivity index (χ0v) is 10.1. The van der Waals surface area contributed by atoms with Crippen molar-refractivity contribution >= 4 is 5.91 Å². The summed E-state index contributed by atoms with van der Waals surface area (Å²) in [4.78, 5) is 11.9. The predicted octanol–water partition coefficient (Wildman–Crippen LogP) is 0.897. The molecule has 0 bridgehead atoms. The van der Waals surface area contributed by atoms with Gasteiger partial charge in [-0.25, -0.2) is 0 Å². The number of amides is 1. The molecular weight excluding hydrogens is 232 g/mol. The number of nitrogens with one attached hydrogen (secondary N) is 2. The molecule has 2 N–H and O–H groups in total. The molecule has 5 heteroatoms. The predicted molar refractivity (Wildman–Crippen MR) is 65.9 cm³/mol. The van der Waals surface area contributed by atoms with Crippen molar-refractivity contribution in [3.8, 4) is 11.5 Å². The first-order valence-electron chi connectivity index (χ1n) is 6.24. The van der Waals surface area contributed by atoms with Gasteiger partial charge in [-0.2, -0.15) is 0 Å². The van der Waals surface area contributed by atoms with E-state index in [4.69, 9.17) is 9.47 Å². The van der Waals surface area contributed by atoms with Crippen LogP contribution >= 0.6 is 0 Å². The molecule has 1 fully saturated rings. The first-order valence-corrected chi connectivity index (χ1v) is 6.24. The average Bonchev–Trinajstić information content (AvgIpc) is 3.09. The van der Waals surface area contributed by atoms with Crippen molar-refractivity contribution in [3.05, 3.63) is 23.8 Å². The quantitative estimate of drug-likeness (QED) is 0.760. The number of rotatable bonds is 5. The number of hydrogen-bond acceptors (Lipinski definition) is 4. The molecule has 0 saturated heterocycles. The highest BCUT2D eigenvalue weighted by Crippen LogP contribution is 2.32. The molecule has 0 spiro atoms. The summed E-state index contributed by atoms with van der Waals surface area (Å²) in [7, 11) is 0. The van der Waals surface area contributed by atoms with Crippen LogP contribution in [0.3, 0.4) is 0 Å². The van der Waals surface area contributed by atoms with E-state index in [2.05, 4.69) is 10.6 Å². The van der Waals surface area contributed by atoms with E-state index < -0.39 is 0 Å². The van der Waals surface area contributed by atoms with E-state index in [1.807, 2.05) is 0 Å². The molecule has 1 aliphatic carbocycles. The number of fused-ring (bicyclic) bond motifs is 1. The van der Waals surface area contributed by atoms with Gasteiger partial charge in [-0.15, -0.1) is 0 Å². The zero-order chi connectivity index (χ0) is 12.4. The Balaban J connectivity index is 1.51. The molecule has 18 heavy (non-hydrogen) atoms. The Kier molecular flexibility index (Phi) is 3.06. The van der Waals surface area contributed by atoms with Crippen molar-refractivity contribution < 1.29 is 14.3 Å². The molecule has 1 amide bonds. The minimum atomic E-state index is -0.0779. The Morgan fingerprint density at radius 2 is 2.06 bits per heavy atom. The Hall–Kier alpha value is -1.75. The second kappa shape index (κ2) is 4.86. The maximum Gasteiger partial charge on any atom is 0.251 e. The second-order valence-electron chi connectivity index (χ2n) is 4.55. The molecular formula is C13H16N2O3. The topological polar surface area (TPSA) is 59.6 Å². The van der Waals surface area contributed by atoms with Gasteiger partial charge in [0.05, 0.1) is 0 Å². The number of hydrogen-bond donors (Lipinski definition) is 2. The summed E-state index contributed by atoms with van der Waals surface area (Å²) in [5, 5.41) is 6.22. The van der Waals surface area contributed by atoms with Gasteiger partial charge in [-0.1, -0.05) is 0 Å². The molecule has 0 atom stereocenters. The number of ether oxygens (including phenoxy) is 2. The Morgan fingerprint density at radius 3 is 2.89 bits per heavy atom. The fraction of sp³-hybridized carbons (Fsp3) is 0.462. The summed E-state index contributed by atoms with van der Waals surface area (Å²) in [5.74, 6) is 1.26. The molecule has 96 valence electrons. The van der Waals surface area contributed by atoms with Crippen molar-refractivity contribution in [2.45, 2.75) is 18.9 Å². The van der Waals surface area contributed by atoms with Gasteiger partial charge in [0.1, 0.15) is 0 Å². The maximum absolute atomic E-state index is 11.9. The van der Waals surface area contributed by atoms with Gasteiger partial charge < -0.3 is 20.1 Å². The van der Waals surface area contributed by atoms with E-state index in [-0.39, 0.29) is 12.7 Å². The molecule has 2 aliphatic rings. The summed E-state index contributed by atoms with van der Waals surface area (Å²) in [5.41, 5.74) is 0.602. The van der Waals surface area contributed by atoms with Gasteiger partial charge in [0.15, 0.2) is 11.5 Å². The second-order valence-corrected chi connectivity index (χ2v) is 4.55. The van der Waals surface area contributed by atoms with Gasteiger partial charge >= 0.3 is 0 Å². The average molecular weight is 248 g/mol. The van der Waals surface area contributed by atoms with E-state index in [0.717, 1.165) is 6.54 Å². The molecule has 0 aromatic heterocycles. The summed E-state index contributed by atoms with van der Waals surface area (Å²) in [6.07, 6.45) is 2.52. The first kappa shape index (κ1) is 11.3. The van der Waals surface area contributed by atoms with Crippen LogP contribution in [0.25, 0.3) is 0 Å². The molecule has 1 aliphatic heterocycles. The molecule has 1 saturated carbocycles. The van der Waals surface area contributed by atoms with Crippen LogP contribution in [0, 0.1) is 0 Å². The molecule has 3 rings (SSSR count). The van der Waals surface area contributed by atoms with Crippen molar-refractivity contribution in [2.75, 3.05) is 19.9 Å². The normalized spacial score (nSPS) is 16.7. The fourth-order valence-corrected chi connectivity index (χ4v) is 1.88. The van der Waals surface area contributed by atoms with Crippen LogP contribution in [0.5, 0.6) is 11.5 Å². The Bertz CT molecular complexity index is 458. The minimum absolute atomic E-state index is 0.0779. The summed E-state index contributed by atoms with van der Waals surface area (Å²) in [6.45, 7) is 1.69. The lowest BCUT2D eigenvalue weighted by molar-refractivity contribution is 0.0953. The molecule has 0 unspecified atom stereocenters. The Morgan fingerprint density at radius 1 is 1.22 bits per heavy atom. The van der Waals surface area contributed by atoms with Crippen LogP contribution in [0.1, 0.15) is 23.2 Å². The molecule has 0 radical (unpaired) electrons. The third-order valence-electron chi connectivity index (χ3n) is 3.06. The number of benzene rings is 1. The maximum atomic E-state index is 11.9. The molecule has 5 nitrogen and oxygen atoms in total. The SMILES string of the molecule is O=C(NCCNC1CC1)c1ccc2c(c1)OCO2. The molecule has 1 aromatic carbocycles. The van der Waals surface area contributed by atoms with Crippen LogP contribution < -0.4 is 20.1 Å². The fourth-order valence-electron chi connectivity index (χ4n) is 1.88. The number of carbonyl (C=O) groups is 1. The van der Waals surface area contributed by atoms with Crippen molar-refractivity contribution in [1.29, 1.82) is 0 Å². The minimum Gasteiger partial charge on any atom is -0.454 e. The number of carbonyl (C=O) groups excluding carboxylic acids is 1. The van der Waals surface area contributed by atoms with Crippen LogP contribution in [-0.4, -0.2) is 31.8 Å². The monoisotopic (exact) mass is 248 g/mol. The smallest absolute Gasteiger partial charge is 0.251 e. The lowest BCUT2D eigenvalue weighted by Gasteiger charge is -2.06. The van der Waals surface area contributed by atoms with Crippen molar-refractivity contribution in [3.63, 3.8) is 0 Å². The van der Waals surface area contributed by atoms with Gasteiger partial charge in [0.2, 0.25) is 6.79 Å². The van der Waals surface area contributed by atoms with Crippen LogP contribution in [0.15, 0.2) is 18.2 Å². The lowest BCUT2D eigenvalue weighted by atomic mass is 10.2. The highest BCUT2D eigenvalue weighted by molar-refractivity contribution is 5.94. The van der Waals surface area contributed by atoms with E-state index in [1.54, 1.807) is 18.2 Å². The van der Waals surface area contributed by atoms with E-state index in [1.165, 1.54) is 12.8 Å². The lowest BCUT2D eigenvalue weighted by Crippen LogP contribution is -2.32. The van der Waals surface area contributed by atoms with Crippen molar-refractivity contribution in [2.24, 2.45) is 0 Å². The highest BCUT2D eigenvalue weighted by atomic mass is 16.7. The third-order valence-corrected chi connectivity index (χ3v) is 3.06. The largest absolute Gasteiger partial charge is 0.454 e. The molecule has 1 aromatic rings. The highest BCUT2D eigenvalue weighted by Gasteiger charge is 2.20. The standard InChI is InChI=1S/C13H16N2O3/c16-13(15-6-5-14-10-2-3-10)9-1-4-11-12(7-9)18-8-17-11/h1,4,7,10,14H,2-3,5-6,8H2,(H,15,16). The van der Waals surface area contributed by atoms with Gasteiger partial charge in [0, 0.05) is 24.7 Å². The van der Waals surface area contributed by atoms with E-state index in [0.29, 0.717) is 29.6 Å². The van der Waals surface area contributed by atoms with Gasteiger partial charge in [0.25, 0.3) is 5.91 Å². The summed E-state index contributed by atoms with van der Waals surface area (Å²) >= 11 is 0. The molecule has 1 heterocycles. The van der Waals surface area contributed by atoms with E-state index in [9.17, 15) is 4.79 Å². The van der Waals surface area contributed by atoms with Crippen molar-refractivity contribution in [1.82, 2.24) is 10.6 Å². The van der Waals surface area contributed by atoms with Crippen LogP contribution in [0.2, 0.25) is 0 Å². The van der Waals surface area contributed by atoms with Gasteiger partial charge in [-0.3, -0.25) is 4.79 Å². The van der Waals surface area contributed by atoms with Crippen LogP contribution in [-0.2, 0) is 0 Å². The summed E-state index contributed by atoms with van der Waals surface area (Å²) in [6, 6.07) is 5.90. The van der Waals surface area contributed by atoms with E-state index >= 15 is 0 Å². The van der Waals surface area contributed by atoms with Gasteiger partial charge in [-0.05, 0) is 31.0 Å². The summed E-state index contributed by atoms with van der Waals surface area (Å²) < 4.78 is 10.4.